The van der Waals surface area contributed by atoms with Gasteiger partial charge in [0.15, 0.2) is 0 Å². The van der Waals surface area contributed by atoms with Gasteiger partial charge >= 0.3 is 0 Å². The van der Waals surface area contributed by atoms with E-state index in [1.807, 2.05) is 30.3 Å². The summed E-state index contributed by atoms with van der Waals surface area (Å²) in [7, 11) is 1.69. The summed E-state index contributed by atoms with van der Waals surface area (Å²) in [6, 6.07) is 16.2. The van der Waals surface area contributed by atoms with E-state index in [9.17, 15) is 0 Å². The first-order valence-corrected chi connectivity index (χ1v) is 7.68. The molecule has 0 saturated carbocycles. The molecule has 2 aromatic carbocycles. The fourth-order valence-corrected chi connectivity index (χ4v) is 3.01. The summed E-state index contributed by atoms with van der Waals surface area (Å²) in [5.74, 6) is 1.26. The van der Waals surface area contributed by atoms with Gasteiger partial charge in [0.05, 0.1) is 7.11 Å². The zero-order valence-electron chi connectivity index (χ0n) is 10.8. The third kappa shape index (κ3) is 3.74. The van der Waals surface area contributed by atoms with Gasteiger partial charge in [-0.2, -0.15) is 0 Å². The molecule has 0 N–H and O–H groups in total. The number of benzene rings is 2. The fourth-order valence-electron chi connectivity index (χ4n) is 2.14. The summed E-state index contributed by atoms with van der Waals surface area (Å²) in [5.41, 5.74) is 2.44. The van der Waals surface area contributed by atoms with Gasteiger partial charge in [-0.3, -0.25) is 0 Å². The van der Waals surface area contributed by atoms with Crippen molar-refractivity contribution >= 4 is 27.5 Å². The molecule has 1 nitrogen and oxygen atoms in total. The Morgan fingerprint density at radius 1 is 1.16 bits per heavy atom. The smallest absolute Gasteiger partial charge is 0.119 e. The average molecular weight is 340 g/mol. The maximum Gasteiger partial charge on any atom is 0.119 e. The second-order valence-electron chi connectivity index (χ2n) is 4.43. The fraction of sp³-hybridized carbons (Fsp3) is 0.250. The molecule has 2 rings (SSSR count). The van der Waals surface area contributed by atoms with E-state index in [-0.39, 0.29) is 0 Å². The van der Waals surface area contributed by atoms with Crippen molar-refractivity contribution in [2.45, 2.75) is 12.3 Å². The quantitative estimate of drug-likeness (QED) is 0.691. The van der Waals surface area contributed by atoms with E-state index < -0.39 is 0 Å². The Hall–Kier alpha value is -0.990. The number of hydrogen-bond donors (Lipinski definition) is 0. The van der Waals surface area contributed by atoms with Crippen LogP contribution in [0.4, 0.5) is 0 Å². The lowest BCUT2D eigenvalue weighted by Gasteiger charge is -2.16. The minimum atomic E-state index is 0.362. The molecule has 0 saturated heterocycles. The highest BCUT2D eigenvalue weighted by atomic mass is 79.9. The van der Waals surface area contributed by atoms with Crippen LogP contribution < -0.4 is 4.74 Å². The molecule has 0 aromatic heterocycles. The van der Waals surface area contributed by atoms with Crippen molar-refractivity contribution in [2.24, 2.45) is 0 Å². The number of hydrogen-bond acceptors (Lipinski definition) is 1. The highest BCUT2D eigenvalue weighted by Crippen LogP contribution is 2.29. The van der Waals surface area contributed by atoms with Gasteiger partial charge in [-0.25, -0.2) is 0 Å². The molecular weight excluding hydrogens is 324 g/mol. The molecule has 19 heavy (non-hydrogen) atoms. The molecule has 100 valence electrons. The van der Waals surface area contributed by atoms with E-state index in [1.165, 1.54) is 11.1 Å². The Labute approximate surface area is 127 Å². The lowest BCUT2D eigenvalue weighted by molar-refractivity contribution is 0.414. The van der Waals surface area contributed by atoms with Crippen molar-refractivity contribution in [3.05, 3.63) is 64.7 Å². The second kappa shape index (κ2) is 6.97. The van der Waals surface area contributed by atoms with Gasteiger partial charge in [0, 0.05) is 10.4 Å². The van der Waals surface area contributed by atoms with Crippen LogP contribution in [0.3, 0.4) is 0 Å². The van der Waals surface area contributed by atoms with Crippen LogP contribution in [0.25, 0.3) is 0 Å². The highest BCUT2D eigenvalue weighted by molar-refractivity contribution is 9.09. The van der Waals surface area contributed by atoms with Crippen LogP contribution in [0.1, 0.15) is 17.0 Å². The van der Waals surface area contributed by atoms with E-state index in [1.54, 1.807) is 7.11 Å². The number of alkyl halides is 1. The summed E-state index contributed by atoms with van der Waals surface area (Å²) in [5, 5.41) is 1.71. The third-order valence-corrected chi connectivity index (χ3v) is 4.27. The highest BCUT2D eigenvalue weighted by Gasteiger charge is 2.14. The lowest BCUT2D eigenvalue weighted by Crippen LogP contribution is -2.05. The lowest BCUT2D eigenvalue weighted by atomic mass is 9.93. The summed E-state index contributed by atoms with van der Waals surface area (Å²) < 4.78 is 5.26. The van der Waals surface area contributed by atoms with Gasteiger partial charge in [0.2, 0.25) is 0 Å². The first kappa shape index (κ1) is 14.4. The predicted octanol–water partition coefficient (Wildman–Crippen LogP) is 5.07. The largest absolute Gasteiger partial charge is 0.497 e. The van der Waals surface area contributed by atoms with Crippen LogP contribution in [-0.4, -0.2) is 12.4 Å². The molecule has 0 aliphatic carbocycles. The van der Waals surface area contributed by atoms with Crippen molar-refractivity contribution in [1.82, 2.24) is 0 Å². The van der Waals surface area contributed by atoms with Gasteiger partial charge in [-0.15, -0.1) is 0 Å². The Bertz CT molecular complexity index is 542. The van der Waals surface area contributed by atoms with Gasteiger partial charge in [-0.05, 0) is 41.7 Å². The number of ether oxygens (including phenoxy) is 1. The SMILES string of the molecule is COc1cccc(CC(CBr)c2ccccc2Cl)c1. The summed E-state index contributed by atoms with van der Waals surface area (Å²) >= 11 is 9.87. The van der Waals surface area contributed by atoms with Crippen molar-refractivity contribution in [3.8, 4) is 5.75 Å². The summed E-state index contributed by atoms with van der Waals surface area (Å²) in [4.78, 5) is 0. The van der Waals surface area contributed by atoms with Crippen LogP contribution in [0.5, 0.6) is 5.75 Å². The van der Waals surface area contributed by atoms with Gasteiger partial charge in [-0.1, -0.05) is 57.9 Å². The van der Waals surface area contributed by atoms with Crippen molar-refractivity contribution < 1.29 is 4.74 Å². The molecular formula is C16H16BrClO. The molecule has 0 amide bonds. The van der Waals surface area contributed by atoms with Crippen molar-refractivity contribution in [2.75, 3.05) is 12.4 Å². The predicted molar refractivity (Wildman–Crippen MR) is 84.7 cm³/mol. The Morgan fingerprint density at radius 2 is 1.95 bits per heavy atom. The van der Waals surface area contributed by atoms with E-state index >= 15 is 0 Å². The molecule has 0 heterocycles. The van der Waals surface area contributed by atoms with Gasteiger partial charge in [0.25, 0.3) is 0 Å². The average Bonchev–Trinajstić information content (AvgIpc) is 2.46. The van der Waals surface area contributed by atoms with Crippen molar-refractivity contribution in [3.63, 3.8) is 0 Å². The van der Waals surface area contributed by atoms with Crippen LogP contribution >= 0.6 is 27.5 Å². The first-order chi connectivity index (χ1) is 9.24. The van der Waals surface area contributed by atoms with E-state index in [0.717, 1.165) is 22.5 Å². The Kier molecular flexibility index (Phi) is 5.29. The van der Waals surface area contributed by atoms with Gasteiger partial charge in [0.1, 0.15) is 5.75 Å². The normalized spacial score (nSPS) is 12.2. The molecule has 3 heteroatoms. The molecule has 0 bridgehead atoms. The summed E-state index contributed by atoms with van der Waals surface area (Å²) in [6.45, 7) is 0. The van der Waals surface area contributed by atoms with Crippen LogP contribution in [0.15, 0.2) is 48.5 Å². The zero-order chi connectivity index (χ0) is 13.7. The van der Waals surface area contributed by atoms with E-state index in [2.05, 4.69) is 34.1 Å². The van der Waals surface area contributed by atoms with Gasteiger partial charge < -0.3 is 4.74 Å². The minimum absolute atomic E-state index is 0.362. The van der Waals surface area contributed by atoms with Crippen LogP contribution in [-0.2, 0) is 6.42 Å². The minimum Gasteiger partial charge on any atom is -0.497 e. The first-order valence-electron chi connectivity index (χ1n) is 6.18. The molecule has 1 atom stereocenters. The molecule has 2 aromatic rings. The molecule has 0 aliphatic heterocycles. The standard InChI is InChI=1S/C16H16BrClO/c1-19-14-6-4-5-12(10-14)9-13(11-17)15-7-2-3-8-16(15)18/h2-8,10,13H,9,11H2,1H3. The Balaban J connectivity index is 2.21. The maximum absolute atomic E-state index is 6.28. The Morgan fingerprint density at radius 3 is 2.63 bits per heavy atom. The summed E-state index contributed by atoms with van der Waals surface area (Å²) in [6.07, 6.45) is 0.937. The molecule has 0 fully saturated rings. The molecule has 0 spiro atoms. The third-order valence-electron chi connectivity index (χ3n) is 3.15. The molecule has 1 unspecified atom stereocenters. The monoisotopic (exact) mass is 338 g/mol. The molecule has 0 radical (unpaired) electrons. The van der Waals surface area contributed by atoms with E-state index in [4.69, 9.17) is 16.3 Å². The maximum atomic E-state index is 6.28. The second-order valence-corrected chi connectivity index (χ2v) is 5.48. The number of methoxy groups -OCH3 is 1. The number of halogens is 2. The van der Waals surface area contributed by atoms with E-state index in [0.29, 0.717) is 5.92 Å². The molecule has 0 aliphatic rings. The van der Waals surface area contributed by atoms with Crippen LogP contribution in [0.2, 0.25) is 5.02 Å². The number of rotatable bonds is 5. The topological polar surface area (TPSA) is 9.23 Å². The van der Waals surface area contributed by atoms with Crippen molar-refractivity contribution in [1.29, 1.82) is 0 Å². The zero-order valence-corrected chi connectivity index (χ0v) is 13.1. The van der Waals surface area contributed by atoms with Crippen LogP contribution in [0, 0.1) is 0 Å².